The number of rotatable bonds is 3. The van der Waals surface area contributed by atoms with Gasteiger partial charge in [0.15, 0.2) is 0 Å². The van der Waals surface area contributed by atoms with E-state index in [1.54, 1.807) is 12.1 Å². The molecule has 0 unspecified atom stereocenters. The lowest BCUT2D eigenvalue weighted by Crippen LogP contribution is -1.91. The highest BCUT2D eigenvalue weighted by atomic mass is 16.6. The summed E-state index contributed by atoms with van der Waals surface area (Å²) in [7, 11) is 0. The number of nitro benzene ring substituents is 1. The highest BCUT2D eigenvalue weighted by molar-refractivity contribution is 5.34. The van der Waals surface area contributed by atoms with Gasteiger partial charge in [-0.1, -0.05) is 12.1 Å². The van der Waals surface area contributed by atoms with Crippen molar-refractivity contribution in [1.82, 2.24) is 0 Å². The Hall–Kier alpha value is -1.89. The summed E-state index contributed by atoms with van der Waals surface area (Å²) in [5, 5.41) is 10.4. The lowest BCUT2D eigenvalue weighted by Gasteiger charge is -1.94. The maximum Gasteiger partial charge on any atom is 0.269 e. The number of hydrogen-bond donors (Lipinski definition) is 0. The van der Waals surface area contributed by atoms with Gasteiger partial charge in [-0.15, -0.1) is 0 Å². The van der Waals surface area contributed by atoms with E-state index >= 15 is 0 Å². The van der Waals surface area contributed by atoms with Gasteiger partial charge in [0.25, 0.3) is 5.69 Å². The fraction of sp³-hybridized carbons (Fsp3) is 0.222. The molecule has 0 atom stereocenters. The molecule has 0 bridgehead atoms. The average molecular weight is 176 g/mol. The van der Waals surface area contributed by atoms with Crippen LogP contribution in [-0.2, 0) is 6.42 Å². The molecule has 13 heavy (non-hydrogen) atoms. The lowest BCUT2D eigenvalue weighted by atomic mass is 10.1. The highest BCUT2D eigenvalue weighted by Gasteiger charge is 2.05. The van der Waals surface area contributed by atoms with Crippen molar-refractivity contribution in [3.63, 3.8) is 0 Å². The van der Waals surface area contributed by atoms with Crippen molar-refractivity contribution in [2.45, 2.75) is 6.42 Å². The van der Waals surface area contributed by atoms with Crippen LogP contribution >= 0.6 is 0 Å². The lowest BCUT2D eigenvalue weighted by molar-refractivity contribution is -0.384. The summed E-state index contributed by atoms with van der Waals surface area (Å²) in [6.07, 6.45) is 0.575. The largest absolute Gasteiger partial charge is 0.317 e. The first-order valence-electron chi connectivity index (χ1n) is 3.80. The molecule has 0 heterocycles. The molecule has 0 aliphatic carbocycles. The Morgan fingerprint density at radius 3 is 2.92 bits per heavy atom. The van der Waals surface area contributed by atoms with Crippen molar-refractivity contribution >= 4 is 5.69 Å². The molecule has 0 aliphatic rings. The fourth-order valence-corrected chi connectivity index (χ4v) is 1.01. The molecule has 0 radical (unpaired) electrons. The van der Waals surface area contributed by atoms with Crippen LogP contribution in [0.4, 0.5) is 5.69 Å². The third kappa shape index (κ3) is 2.56. The fourth-order valence-electron chi connectivity index (χ4n) is 1.01. The first-order valence-corrected chi connectivity index (χ1v) is 3.80. The van der Waals surface area contributed by atoms with E-state index in [0.29, 0.717) is 13.0 Å². The third-order valence-corrected chi connectivity index (χ3v) is 1.63. The topological polar surface area (TPSA) is 47.5 Å². The molecule has 0 saturated carbocycles. The summed E-state index contributed by atoms with van der Waals surface area (Å²) >= 11 is 0. The van der Waals surface area contributed by atoms with E-state index in [4.69, 9.17) is 6.57 Å². The second-order valence-corrected chi connectivity index (χ2v) is 2.56. The third-order valence-electron chi connectivity index (χ3n) is 1.63. The zero-order valence-corrected chi connectivity index (χ0v) is 6.93. The molecule has 1 rings (SSSR count). The molecular formula is C9H8N2O2. The Kier molecular flexibility index (Phi) is 2.98. The number of hydrogen-bond acceptors (Lipinski definition) is 2. The molecule has 0 amide bonds. The van der Waals surface area contributed by atoms with Crippen molar-refractivity contribution in [1.29, 1.82) is 0 Å². The Balaban J connectivity index is 2.80. The highest BCUT2D eigenvalue weighted by Crippen LogP contribution is 2.13. The molecule has 4 nitrogen and oxygen atoms in total. The van der Waals surface area contributed by atoms with Gasteiger partial charge in [-0.25, -0.2) is 6.57 Å². The Labute approximate surface area is 75.8 Å². The molecule has 0 N–H and O–H groups in total. The Morgan fingerprint density at radius 2 is 2.31 bits per heavy atom. The number of benzene rings is 1. The van der Waals surface area contributed by atoms with Gasteiger partial charge in [0, 0.05) is 18.6 Å². The summed E-state index contributed by atoms with van der Waals surface area (Å²) in [5.41, 5.74) is 0.924. The molecule has 1 aromatic carbocycles. The minimum atomic E-state index is -0.429. The van der Waals surface area contributed by atoms with Crippen LogP contribution in [0.1, 0.15) is 5.56 Å². The summed E-state index contributed by atoms with van der Waals surface area (Å²) in [4.78, 5) is 13.1. The molecule has 0 aliphatic heterocycles. The maximum absolute atomic E-state index is 10.4. The van der Waals surface area contributed by atoms with Gasteiger partial charge in [0.2, 0.25) is 6.54 Å². The van der Waals surface area contributed by atoms with Gasteiger partial charge in [0.05, 0.1) is 4.92 Å². The Bertz CT molecular complexity index is 355. The molecule has 0 saturated heterocycles. The molecule has 1 aromatic rings. The van der Waals surface area contributed by atoms with Gasteiger partial charge < -0.3 is 4.85 Å². The predicted octanol–water partition coefficient (Wildman–Crippen LogP) is 2.06. The van der Waals surface area contributed by atoms with Crippen LogP contribution in [-0.4, -0.2) is 11.5 Å². The van der Waals surface area contributed by atoms with Crippen molar-refractivity contribution in [3.8, 4) is 0 Å². The SMILES string of the molecule is [C-]#[N+]CCc1cccc([N+](=O)[O-])c1. The van der Waals surface area contributed by atoms with Crippen molar-refractivity contribution in [3.05, 3.63) is 51.4 Å². The predicted molar refractivity (Wildman–Crippen MR) is 48.3 cm³/mol. The second-order valence-electron chi connectivity index (χ2n) is 2.56. The normalized spacial score (nSPS) is 9.15. The Morgan fingerprint density at radius 1 is 1.54 bits per heavy atom. The second kappa shape index (κ2) is 4.21. The van der Waals surface area contributed by atoms with E-state index in [0.717, 1.165) is 5.56 Å². The van der Waals surface area contributed by atoms with Crippen LogP contribution in [0.2, 0.25) is 0 Å². The van der Waals surface area contributed by atoms with Crippen molar-refractivity contribution in [2.24, 2.45) is 0 Å². The summed E-state index contributed by atoms with van der Waals surface area (Å²) in [5.74, 6) is 0. The minimum Gasteiger partial charge on any atom is -0.317 e. The summed E-state index contributed by atoms with van der Waals surface area (Å²) < 4.78 is 0. The summed E-state index contributed by atoms with van der Waals surface area (Å²) in [6, 6.07) is 6.38. The molecule has 4 heteroatoms. The van der Waals surface area contributed by atoms with E-state index in [1.807, 2.05) is 0 Å². The zero-order chi connectivity index (χ0) is 9.68. The van der Waals surface area contributed by atoms with Crippen LogP contribution in [0.5, 0.6) is 0 Å². The van der Waals surface area contributed by atoms with Crippen LogP contribution in [0.3, 0.4) is 0 Å². The standard InChI is InChI=1S/C9H8N2O2/c1-10-6-5-8-3-2-4-9(7-8)11(12)13/h2-4,7H,5-6H2. The van der Waals surface area contributed by atoms with Crippen molar-refractivity contribution < 1.29 is 4.92 Å². The van der Waals surface area contributed by atoms with E-state index in [-0.39, 0.29) is 5.69 Å². The smallest absolute Gasteiger partial charge is 0.269 e. The van der Waals surface area contributed by atoms with E-state index < -0.39 is 4.92 Å². The van der Waals surface area contributed by atoms with E-state index in [1.165, 1.54) is 12.1 Å². The maximum atomic E-state index is 10.4. The van der Waals surface area contributed by atoms with Crippen molar-refractivity contribution in [2.75, 3.05) is 6.54 Å². The van der Waals surface area contributed by atoms with Crippen LogP contribution in [0, 0.1) is 16.7 Å². The molecule has 66 valence electrons. The summed E-state index contributed by atoms with van der Waals surface area (Å²) in [6.45, 7) is 6.96. The van der Waals surface area contributed by atoms with Crippen LogP contribution < -0.4 is 0 Å². The number of nitrogens with zero attached hydrogens (tertiary/aromatic N) is 2. The zero-order valence-electron chi connectivity index (χ0n) is 6.93. The molecule has 0 fully saturated rings. The van der Waals surface area contributed by atoms with Gasteiger partial charge in [-0.3, -0.25) is 10.1 Å². The number of nitro groups is 1. The number of non-ortho nitro benzene ring substituents is 1. The monoisotopic (exact) mass is 176 g/mol. The van der Waals surface area contributed by atoms with Gasteiger partial charge in [-0.2, -0.15) is 0 Å². The van der Waals surface area contributed by atoms with Crippen LogP contribution in [0.25, 0.3) is 4.85 Å². The van der Waals surface area contributed by atoms with Gasteiger partial charge >= 0.3 is 0 Å². The first kappa shape index (κ1) is 9.20. The van der Waals surface area contributed by atoms with Gasteiger partial charge in [0.1, 0.15) is 0 Å². The van der Waals surface area contributed by atoms with E-state index in [9.17, 15) is 10.1 Å². The molecule has 0 aromatic heterocycles. The molecule has 0 spiro atoms. The van der Waals surface area contributed by atoms with Crippen LogP contribution in [0.15, 0.2) is 24.3 Å². The first-order chi connectivity index (χ1) is 6.24. The average Bonchev–Trinajstić information content (AvgIpc) is 2.15. The minimum absolute atomic E-state index is 0.0856. The van der Waals surface area contributed by atoms with E-state index in [2.05, 4.69) is 4.85 Å². The quantitative estimate of drug-likeness (QED) is 0.402. The molecular weight excluding hydrogens is 168 g/mol. The van der Waals surface area contributed by atoms with Gasteiger partial charge in [-0.05, 0) is 5.56 Å².